The lowest BCUT2D eigenvalue weighted by Crippen LogP contribution is -2.35. The molecule has 2 aliphatic rings. The maximum absolute atomic E-state index is 12.4. The summed E-state index contributed by atoms with van der Waals surface area (Å²) in [5.41, 5.74) is 9.34. The molecule has 0 bridgehead atoms. The van der Waals surface area contributed by atoms with E-state index in [1.807, 2.05) is 6.92 Å². The van der Waals surface area contributed by atoms with E-state index in [9.17, 15) is 4.79 Å². The Labute approximate surface area is 168 Å². The third-order valence-corrected chi connectivity index (χ3v) is 5.25. The zero-order valence-electron chi connectivity index (χ0n) is 15.4. The summed E-state index contributed by atoms with van der Waals surface area (Å²) < 4.78 is 5.40. The van der Waals surface area contributed by atoms with Gasteiger partial charge < -0.3 is 15.8 Å². The number of halogens is 2. The van der Waals surface area contributed by atoms with E-state index in [1.54, 1.807) is 0 Å². The number of amides is 1. The number of carbonyl (C=O) groups is 1. The van der Waals surface area contributed by atoms with Crippen LogP contribution in [-0.2, 0) is 16.1 Å². The Hall–Kier alpha value is -0.850. The first-order valence-electron chi connectivity index (χ1n) is 9.07. The number of hydrogen-bond acceptors (Lipinski definition) is 4. The van der Waals surface area contributed by atoms with Gasteiger partial charge in [0.2, 0.25) is 5.91 Å². The first kappa shape index (κ1) is 23.2. The summed E-state index contributed by atoms with van der Waals surface area (Å²) >= 11 is 0. The molecule has 2 atom stereocenters. The minimum absolute atomic E-state index is 0. The van der Waals surface area contributed by atoms with Gasteiger partial charge in [-0.25, -0.2) is 0 Å². The molecule has 2 fully saturated rings. The van der Waals surface area contributed by atoms with Crippen LogP contribution in [0, 0.1) is 12.8 Å². The van der Waals surface area contributed by atoms with Crippen LogP contribution in [0.2, 0.25) is 0 Å². The van der Waals surface area contributed by atoms with E-state index in [1.165, 1.54) is 5.56 Å². The third kappa shape index (κ3) is 6.39. The first-order chi connectivity index (χ1) is 11.6. The highest BCUT2D eigenvalue weighted by Crippen LogP contribution is 2.27. The minimum Gasteiger partial charge on any atom is -0.379 e. The van der Waals surface area contributed by atoms with Gasteiger partial charge in [-0.2, -0.15) is 0 Å². The second-order valence-corrected chi connectivity index (χ2v) is 7.14. The molecule has 148 valence electrons. The molecule has 1 aromatic rings. The van der Waals surface area contributed by atoms with Gasteiger partial charge in [-0.15, -0.1) is 24.8 Å². The molecule has 1 aliphatic carbocycles. The van der Waals surface area contributed by atoms with Crippen molar-refractivity contribution in [3.63, 3.8) is 0 Å². The summed E-state index contributed by atoms with van der Waals surface area (Å²) in [6.45, 7) is 6.48. The first-order valence-corrected chi connectivity index (χ1v) is 9.07. The Kier molecular flexibility index (Phi) is 9.90. The zero-order chi connectivity index (χ0) is 16.9. The highest BCUT2D eigenvalue weighted by Gasteiger charge is 2.26. The van der Waals surface area contributed by atoms with E-state index in [0.717, 1.165) is 63.4 Å². The van der Waals surface area contributed by atoms with Gasteiger partial charge in [0.1, 0.15) is 0 Å². The Balaban J connectivity index is 0.00000169. The number of hydrogen-bond donors (Lipinski definition) is 2. The van der Waals surface area contributed by atoms with Crippen LogP contribution in [0.3, 0.4) is 0 Å². The molecule has 1 aromatic carbocycles. The topological polar surface area (TPSA) is 67.6 Å². The van der Waals surface area contributed by atoms with Crippen LogP contribution in [0.15, 0.2) is 18.2 Å². The van der Waals surface area contributed by atoms with Crippen LogP contribution in [0.4, 0.5) is 5.69 Å². The number of nitrogens with one attached hydrogen (secondary N) is 1. The van der Waals surface area contributed by atoms with Crippen LogP contribution in [0.25, 0.3) is 0 Å². The highest BCUT2D eigenvalue weighted by atomic mass is 35.5. The van der Waals surface area contributed by atoms with E-state index in [0.29, 0.717) is 12.3 Å². The lowest BCUT2D eigenvalue weighted by Gasteiger charge is -2.26. The smallest absolute Gasteiger partial charge is 0.224 e. The molecule has 3 rings (SSSR count). The lowest BCUT2D eigenvalue weighted by molar-refractivity contribution is -0.117. The standard InChI is InChI=1S/C19H29N3O2.2ClH/c1-14-5-6-15(13-22-7-9-24-10-8-22)11-18(14)21-19(23)12-16-3-2-4-17(16)20;;/h5-6,11,16-17H,2-4,7-10,12-13,20H2,1H3,(H,21,23);2*1H/t16-,17+;;/m0../s1. The molecule has 0 unspecified atom stereocenters. The Morgan fingerprint density at radius 2 is 2.00 bits per heavy atom. The molecule has 3 N–H and O–H groups in total. The molecule has 0 aromatic heterocycles. The van der Waals surface area contributed by atoms with Crippen LogP contribution in [0.5, 0.6) is 0 Å². The molecule has 0 radical (unpaired) electrons. The lowest BCUT2D eigenvalue weighted by atomic mass is 9.99. The molecule has 1 heterocycles. The van der Waals surface area contributed by atoms with Crippen LogP contribution in [0.1, 0.15) is 36.8 Å². The fourth-order valence-electron chi connectivity index (χ4n) is 3.68. The number of ether oxygens (including phenoxy) is 1. The molecule has 1 aliphatic heterocycles. The summed E-state index contributed by atoms with van der Waals surface area (Å²) in [6, 6.07) is 6.53. The molecular formula is C19H31Cl2N3O2. The molecular weight excluding hydrogens is 373 g/mol. The van der Waals surface area contributed by atoms with Crippen molar-refractivity contribution in [2.24, 2.45) is 11.7 Å². The molecule has 1 saturated carbocycles. The van der Waals surface area contributed by atoms with E-state index >= 15 is 0 Å². The average Bonchev–Trinajstić information content (AvgIpc) is 2.96. The number of nitrogens with two attached hydrogens (primary N) is 1. The molecule has 1 saturated heterocycles. The summed E-state index contributed by atoms with van der Waals surface area (Å²) in [5, 5.41) is 3.10. The number of morpholine rings is 1. The Morgan fingerprint density at radius 1 is 1.27 bits per heavy atom. The largest absolute Gasteiger partial charge is 0.379 e. The fourth-order valence-corrected chi connectivity index (χ4v) is 3.68. The Morgan fingerprint density at radius 3 is 2.65 bits per heavy atom. The van der Waals surface area contributed by atoms with Crippen molar-refractivity contribution >= 4 is 36.4 Å². The summed E-state index contributed by atoms with van der Waals surface area (Å²) in [4.78, 5) is 14.8. The third-order valence-electron chi connectivity index (χ3n) is 5.25. The fraction of sp³-hybridized carbons (Fsp3) is 0.632. The molecule has 7 heteroatoms. The van der Waals surface area contributed by atoms with Crippen molar-refractivity contribution in [3.05, 3.63) is 29.3 Å². The highest BCUT2D eigenvalue weighted by molar-refractivity contribution is 5.91. The molecule has 26 heavy (non-hydrogen) atoms. The van der Waals surface area contributed by atoms with Gasteiger partial charge in [-0.1, -0.05) is 18.6 Å². The summed E-state index contributed by atoms with van der Waals surface area (Å²) in [5.74, 6) is 0.422. The number of nitrogens with zero attached hydrogens (tertiary/aromatic N) is 1. The summed E-state index contributed by atoms with van der Waals surface area (Å²) in [6.07, 6.45) is 3.80. The second-order valence-electron chi connectivity index (χ2n) is 7.14. The van der Waals surface area contributed by atoms with Crippen molar-refractivity contribution in [2.45, 2.75) is 45.2 Å². The van der Waals surface area contributed by atoms with Crippen LogP contribution >= 0.6 is 24.8 Å². The molecule has 5 nitrogen and oxygen atoms in total. The maximum atomic E-state index is 12.4. The predicted molar refractivity (Wildman–Crippen MR) is 110 cm³/mol. The zero-order valence-corrected chi connectivity index (χ0v) is 17.0. The van der Waals surface area contributed by atoms with Crippen molar-refractivity contribution in [2.75, 3.05) is 31.6 Å². The van der Waals surface area contributed by atoms with E-state index in [2.05, 4.69) is 28.4 Å². The van der Waals surface area contributed by atoms with E-state index < -0.39 is 0 Å². The maximum Gasteiger partial charge on any atom is 0.224 e. The number of aryl methyl sites for hydroxylation is 1. The van der Waals surface area contributed by atoms with Gasteiger partial charge in [0.25, 0.3) is 0 Å². The van der Waals surface area contributed by atoms with Gasteiger partial charge in [-0.05, 0) is 42.9 Å². The average molecular weight is 404 g/mol. The molecule has 1 amide bonds. The normalized spacial score (nSPS) is 23.0. The monoisotopic (exact) mass is 403 g/mol. The quantitative estimate of drug-likeness (QED) is 0.792. The predicted octanol–water partition coefficient (Wildman–Crippen LogP) is 3.13. The van der Waals surface area contributed by atoms with E-state index in [-0.39, 0.29) is 36.8 Å². The Bertz CT molecular complexity index is 580. The molecule has 0 spiro atoms. The van der Waals surface area contributed by atoms with Gasteiger partial charge in [-0.3, -0.25) is 9.69 Å². The van der Waals surface area contributed by atoms with Gasteiger partial charge in [0.05, 0.1) is 13.2 Å². The number of carbonyl (C=O) groups excluding carboxylic acids is 1. The van der Waals surface area contributed by atoms with Crippen molar-refractivity contribution in [1.82, 2.24) is 4.90 Å². The van der Waals surface area contributed by atoms with Crippen molar-refractivity contribution in [1.29, 1.82) is 0 Å². The van der Waals surface area contributed by atoms with E-state index in [4.69, 9.17) is 10.5 Å². The van der Waals surface area contributed by atoms with Crippen molar-refractivity contribution < 1.29 is 9.53 Å². The van der Waals surface area contributed by atoms with Gasteiger partial charge in [0, 0.05) is 37.8 Å². The van der Waals surface area contributed by atoms with Gasteiger partial charge in [0.15, 0.2) is 0 Å². The minimum atomic E-state index is 0. The number of benzene rings is 1. The van der Waals surface area contributed by atoms with Crippen molar-refractivity contribution in [3.8, 4) is 0 Å². The summed E-state index contributed by atoms with van der Waals surface area (Å²) in [7, 11) is 0. The second kappa shape index (κ2) is 11.1. The van der Waals surface area contributed by atoms with Crippen LogP contribution < -0.4 is 11.1 Å². The number of anilines is 1. The number of rotatable bonds is 5. The SMILES string of the molecule is Cc1ccc(CN2CCOCC2)cc1NC(=O)C[C@@H]1CCC[C@H]1N.Cl.Cl. The van der Waals surface area contributed by atoms with Gasteiger partial charge >= 0.3 is 0 Å². The van der Waals surface area contributed by atoms with Crippen LogP contribution in [-0.4, -0.2) is 43.2 Å².